The van der Waals surface area contributed by atoms with Gasteiger partial charge in [0.15, 0.2) is 5.78 Å². The van der Waals surface area contributed by atoms with E-state index >= 15 is 0 Å². The van der Waals surface area contributed by atoms with Gasteiger partial charge in [0.05, 0.1) is 30.6 Å². The Hall–Kier alpha value is -2.72. The molecule has 1 aromatic heterocycles. The Morgan fingerprint density at radius 3 is 2.75 bits per heavy atom. The Bertz CT molecular complexity index is 1150. The number of nitrogens with zero attached hydrogens (tertiary/aromatic N) is 2. The number of carbonyl (C=O) groups excluding carboxylic acids is 1. The van der Waals surface area contributed by atoms with Crippen molar-refractivity contribution in [1.82, 2.24) is 9.71 Å². The average Bonchev–Trinajstić information content (AvgIpc) is 2.81. The molecule has 9 heteroatoms. The van der Waals surface area contributed by atoms with Gasteiger partial charge < -0.3 is 14.2 Å². The number of hydrogen-bond acceptors (Lipinski definition) is 6. The summed E-state index contributed by atoms with van der Waals surface area (Å²) in [6.45, 7) is 3.17. The number of ketones is 1. The van der Waals surface area contributed by atoms with Crippen LogP contribution in [0, 0.1) is 5.82 Å². The molecule has 3 aromatic rings. The summed E-state index contributed by atoms with van der Waals surface area (Å²) in [6, 6.07) is 11.5. The normalized spacial score (nSPS) is 15.1. The molecule has 1 aliphatic rings. The fraction of sp³-hybridized carbons (Fsp3) is 0.304. The summed E-state index contributed by atoms with van der Waals surface area (Å²) in [4.78, 5) is 19.8. The van der Waals surface area contributed by atoms with E-state index in [4.69, 9.17) is 4.74 Å². The monoisotopic (exact) mass is 456 g/mol. The van der Waals surface area contributed by atoms with Gasteiger partial charge in [0.2, 0.25) is 0 Å². The third kappa shape index (κ3) is 5.55. The Morgan fingerprint density at radius 2 is 1.97 bits per heavy atom. The summed E-state index contributed by atoms with van der Waals surface area (Å²) < 4.78 is 42.9. The Labute approximate surface area is 188 Å². The van der Waals surface area contributed by atoms with E-state index in [1.165, 1.54) is 12.1 Å². The minimum Gasteiger partial charge on any atom is -0.760 e. The number of ether oxygens (including phenoxy) is 1. The van der Waals surface area contributed by atoms with Crippen molar-refractivity contribution in [1.29, 1.82) is 0 Å². The predicted octanol–water partition coefficient (Wildman–Crippen LogP) is 2.76. The van der Waals surface area contributed by atoms with Crippen LogP contribution in [0.15, 0.2) is 48.7 Å². The molecule has 4 rings (SSSR count). The molecule has 7 nitrogen and oxygen atoms in total. The first-order valence-electron chi connectivity index (χ1n) is 10.4. The van der Waals surface area contributed by atoms with Crippen molar-refractivity contribution in [2.45, 2.75) is 12.8 Å². The molecule has 1 fully saturated rings. The van der Waals surface area contributed by atoms with Gasteiger partial charge in [-0.3, -0.25) is 14.0 Å². The van der Waals surface area contributed by atoms with Crippen LogP contribution < -0.4 is 9.62 Å². The van der Waals surface area contributed by atoms with Crippen LogP contribution in [0.3, 0.4) is 0 Å². The maximum Gasteiger partial charge on any atom is 0.193 e. The third-order valence-electron chi connectivity index (χ3n) is 5.39. The van der Waals surface area contributed by atoms with Crippen LogP contribution in [0.25, 0.3) is 10.9 Å². The van der Waals surface area contributed by atoms with E-state index in [-0.39, 0.29) is 17.9 Å². The number of nitrogens with one attached hydrogen (secondary N) is 1. The molecule has 2 aromatic carbocycles. The summed E-state index contributed by atoms with van der Waals surface area (Å²) in [7, 11) is 0. The molecule has 0 bridgehead atoms. The lowest BCUT2D eigenvalue weighted by Crippen LogP contribution is -2.36. The lowest BCUT2D eigenvalue weighted by Gasteiger charge is -2.28. The van der Waals surface area contributed by atoms with Gasteiger partial charge in [-0.2, -0.15) is 0 Å². The number of hydrogen-bond donors (Lipinski definition) is 1. The highest BCUT2D eigenvalue weighted by atomic mass is 32.2. The number of pyridine rings is 1. The molecule has 1 saturated heterocycles. The highest BCUT2D eigenvalue weighted by Gasteiger charge is 2.15. The number of anilines is 1. The second-order valence-electron chi connectivity index (χ2n) is 7.61. The van der Waals surface area contributed by atoms with Crippen molar-refractivity contribution in [2.24, 2.45) is 0 Å². The Morgan fingerprint density at radius 1 is 1.16 bits per heavy atom. The maximum atomic E-state index is 14.2. The van der Waals surface area contributed by atoms with Crippen molar-refractivity contribution in [3.05, 3.63) is 71.2 Å². The number of carbonyl (C=O) groups is 1. The number of morpholine rings is 1. The molecule has 0 aliphatic carbocycles. The molecule has 0 radical (unpaired) electrons. The molecule has 1 N–H and O–H groups in total. The molecule has 1 aliphatic heterocycles. The molecular weight excluding hydrogens is 433 g/mol. The van der Waals surface area contributed by atoms with Gasteiger partial charge in [-0.25, -0.2) is 9.11 Å². The standard InChI is InChI=1S/C23H24FN3O4S/c24-20-11-16(2-1-5-26-32(29)30)10-19(13-20)23(28)17-3-4-22-18(12-17)14-21(15-25-22)27-6-8-31-9-7-27/h3-4,10-15,26H,1-2,5-9H2,(H,29,30)/p-1. The summed E-state index contributed by atoms with van der Waals surface area (Å²) in [5, 5.41) is 0.841. The molecule has 168 valence electrons. The van der Waals surface area contributed by atoms with E-state index in [0.717, 1.165) is 29.7 Å². The number of fused-ring (bicyclic) bond motifs is 1. The van der Waals surface area contributed by atoms with Crippen LogP contribution in [0.4, 0.5) is 10.1 Å². The zero-order valence-electron chi connectivity index (χ0n) is 17.4. The number of benzene rings is 2. The van der Waals surface area contributed by atoms with Gasteiger partial charge in [-0.05, 0) is 60.9 Å². The maximum absolute atomic E-state index is 14.2. The first-order chi connectivity index (χ1) is 15.5. The van der Waals surface area contributed by atoms with Crippen LogP contribution in [0.2, 0.25) is 0 Å². The van der Waals surface area contributed by atoms with Crippen LogP contribution in [0.5, 0.6) is 0 Å². The largest absolute Gasteiger partial charge is 0.760 e. The van der Waals surface area contributed by atoms with Gasteiger partial charge in [0, 0.05) is 47.4 Å². The zero-order valence-corrected chi connectivity index (χ0v) is 18.2. The van der Waals surface area contributed by atoms with E-state index in [1.807, 2.05) is 12.3 Å². The number of aryl methyl sites for hydroxylation is 1. The molecule has 1 atom stereocenters. The summed E-state index contributed by atoms with van der Waals surface area (Å²) >= 11 is -2.32. The highest BCUT2D eigenvalue weighted by molar-refractivity contribution is 7.77. The molecule has 1 unspecified atom stereocenters. The van der Waals surface area contributed by atoms with Gasteiger partial charge in [0.25, 0.3) is 0 Å². The average molecular weight is 457 g/mol. The molecule has 32 heavy (non-hydrogen) atoms. The van der Waals surface area contributed by atoms with Crippen LogP contribution >= 0.6 is 0 Å². The highest BCUT2D eigenvalue weighted by Crippen LogP contribution is 2.23. The zero-order chi connectivity index (χ0) is 22.5. The smallest absolute Gasteiger partial charge is 0.193 e. The van der Waals surface area contributed by atoms with Gasteiger partial charge in [0.1, 0.15) is 5.82 Å². The van der Waals surface area contributed by atoms with E-state index in [0.29, 0.717) is 37.2 Å². The number of aromatic nitrogens is 1. The summed E-state index contributed by atoms with van der Waals surface area (Å²) in [5.74, 6) is -0.772. The molecule has 0 saturated carbocycles. The van der Waals surface area contributed by atoms with Crippen LogP contribution in [0.1, 0.15) is 27.9 Å². The van der Waals surface area contributed by atoms with Gasteiger partial charge in [-0.1, -0.05) is 0 Å². The SMILES string of the molecule is O=C(c1cc(F)cc(CCCNS(=O)[O-])c1)c1ccc2ncc(N3CCOCC3)cc2c1. The molecular formula is C23H23FN3O4S-. The van der Waals surface area contributed by atoms with Gasteiger partial charge in [-0.15, -0.1) is 0 Å². The first-order valence-corrected chi connectivity index (χ1v) is 11.5. The molecule has 2 heterocycles. The van der Waals surface area contributed by atoms with Crippen molar-refractivity contribution in [3.8, 4) is 0 Å². The van der Waals surface area contributed by atoms with E-state index in [2.05, 4.69) is 14.6 Å². The van der Waals surface area contributed by atoms with Crippen LogP contribution in [-0.2, 0) is 22.4 Å². The molecule has 0 amide bonds. The molecule has 0 spiro atoms. The third-order valence-corrected chi connectivity index (χ3v) is 5.83. The van der Waals surface area contributed by atoms with Crippen molar-refractivity contribution >= 4 is 33.6 Å². The first kappa shape index (κ1) is 22.5. The summed E-state index contributed by atoms with van der Waals surface area (Å²) in [6.07, 6.45) is 2.77. The minimum atomic E-state index is -2.32. The van der Waals surface area contributed by atoms with E-state index < -0.39 is 17.1 Å². The lowest BCUT2D eigenvalue weighted by molar-refractivity contribution is 0.103. The quantitative estimate of drug-likeness (QED) is 0.318. The Kier molecular flexibility index (Phi) is 7.21. The van der Waals surface area contributed by atoms with Crippen LogP contribution in [-0.4, -0.2) is 52.4 Å². The topological polar surface area (TPSA) is 94.6 Å². The second-order valence-corrected chi connectivity index (χ2v) is 8.37. The fourth-order valence-electron chi connectivity index (χ4n) is 3.80. The van der Waals surface area contributed by atoms with E-state index in [9.17, 15) is 17.9 Å². The number of halogens is 1. The van der Waals surface area contributed by atoms with E-state index in [1.54, 1.807) is 24.3 Å². The van der Waals surface area contributed by atoms with Crippen molar-refractivity contribution < 1.29 is 22.7 Å². The van der Waals surface area contributed by atoms with Crippen molar-refractivity contribution in [2.75, 3.05) is 37.7 Å². The number of rotatable bonds is 8. The second kappa shape index (κ2) is 10.3. The summed E-state index contributed by atoms with van der Waals surface area (Å²) in [5.41, 5.74) is 3.12. The fourth-order valence-corrected chi connectivity index (χ4v) is 4.11. The minimum absolute atomic E-state index is 0.249. The Balaban J connectivity index is 1.55. The lowest BCUT2D eigenvalue weighted by atomic mass is 9.98. The van der Waals surface area contributed by atoms with Crippen molar-refractivity contribution in [3.63, 3.8) is 0 Å². The predicted molar refractivity (Wildman–Crippen MR) is 120 cm³/mol. The van der Waals surface area contributed by atoms with Gasteiger partial charge >= 0.3 is 0 Å².